The van der Waals surface area contributed by atoms with E-state index >= 15 is 0 Å². The first-order valence-electron chi connectivity index (χ1n) is 7.56. The van der Waals surface area contributed by atoms with Crippen LogP contribution >= 0.6 is 12.4 Å². The second-order valence-corrected chi connectivity index (χ2v) is 5.94. The standard InChI is InChI=1S/C16H23N3O.ClH/c20-16-12-18(10-15-7-4-8-17-9-15)13-19(16)11-14-5-2-1-3-6-14;/h1-3,5-6,15,17H,4,7-13H2;1H. The molecule has 1 atom stereocenters. The molecule has 1 aromatic rings. The molecular weight excluding hydrogens is 286 g/mol. The Bertz CT molecular complexity index is 448. The lowest BCUT2D eigenvalue weighted by molar-refractivity contribution is -0.127. The molecule has 1 N–H and O–H groups in total. The van der Waals surface area contributed by atoms with Crippen LogP contribution in [0.3, 0.4) is 0 Å². The predicted octanol–water partition coefficient (Wildman–Crippen LogP) is 1.71. The van der Waals surface area contributed by atoms with E-state index in [2.05, 4.69) is 22.3 Å². The monoisotopic (exact) mass is 309 g/mol. The average Bonchev–Trinajstić information content (AvgIpc) is 2.81. The quantitative estimate of drug-likeness (QED) is 0.920. The Morgan fingerprint density at radius 1 is 1.24 bits per heavy atom. The van der Waals surface area contributed by atoms with Gasteiger partial charge >= 0.3 is 0 Å². The Hall–Kier alpha value is -1.10. The SMILES string of the molecule is Cl.O=C1CN(CC2CCCNC2)CN1Cc1ccccc1. The summed E-state index contributed by atoms with van der Waals surface area (Å²) in [6.07, 6.45) is 2.55. The Balaban J connectivity index is 0.00000161. The molecule has 116 valence electrons. The number of piperidine rings is 1. The molecule has 2 fully saturated rings. The molecule has 1 aromatic carbocycles. The summed E-state index contributed by atoms with van der Waals surface area (Å²) in [5, 5.41) is 3.45. The fourth-order valence-corrected chi connectivity index (χ4v) is 3.17. The van der Waals surface area contributed by atoms with Gasteiger partial charge in [0.1, 0.15) is 0 Å². The molecule has 2 aliphatic heterocycles. The molecule has 0 radical (unpaired) electrons. The molecule has 0 saturated carbocycles. The minimum absolute atomic E-state index is 0. The molecule has 4 nitrogen and oxygen atoms in total. The number of hydrogen-bond acceptors (Lipinski definition) is 3. The van der Waals surface area contributed by atoms with Crippen molar-refractivity contribution in [3.63, 3.8) is 0 Å². The van der Waals surface area contributed by atoms with Gasteiger partial charge in [-0.2, -0.15) is 0 Å². The summed E-state index contributed by atoms with van der Waals surface area (Å²) < 4.78 is 0. The van der Waals surface area contributed by atoms with Gasteiger partial charge in [0.05, 0.1) is 13.2 Å². The van der Waals surface area contributed by atoms with Gasteiger partial charge in [-0.15, -0.1) is 12.4 Å². The lowest BCUT2D eigenvalue weighted by atomic mass is 9.99. The first-order chi connectivity index (χ1) is 9.81. The summed E-state index contributed by atoms with van der Waals surface area (Å²) in [7, 11) is 0. The molecule has 2 saturated heterocycles. The van der Waals surface area contributed by atoms with Crippen LogP contribution in [-0.2, 0) is 11.3 Å². The van der Waals surface area contributed by atoms with Crippen molar-refractivity contribution >= 4 is 18.3 Å². The summed E-state index contributed by atoms with van der Waals surface area (Å²) in [6, 6.07) is 10.2. The fourth-order valence-electron chi connectivity index (χ4n) is 3.17. The number of amides is 1. The van der Waals surface area contributed by atoms with E-state index in [0.717, 1.165) is 32.8 Å². The van der Waals surface area contributed by atoms with Crippen molar-refractivity contribution in [3.8, 4) is 0 Å². The zero-order chi connectivity index (χ0) is 13.8. The normalized spacial score (nSPS) is 23.1. The van der Waals surface area contributed by atoms with E-state index in [9.17, 15) is 4.79 Å². The summed E-state index contributed by atoms with van der Waals surface area (Å²) >= 11 is 0. The fraction of sp³-hybridized carbons (Fsp3) is 0.562. The zero-order valence-corrected chi connectivity index (χ0v) is 13.1. The molecule has 0 aliphatic carbocycles. The van der Waals surface area contributed by atoms with Crippen LogP contribution in [0.25, 0.3) is 0 Å². The summed E-state index contributed by atoms with van der Waals surface area (Å²) in [5.41, 5.74) is 1.21. The van der Waals surface area contributed by atoms with Gasteiger partial charge in [0.15, 0.2) is 0 Å². The van der Waals surface area contributed by atoms with Gasteiger partial charge < -0.3 is 10.2 Å². The largest absolute Gasteiger partial charge is 0.324 e. The topological polar surface area (TPSA) is 35.6 Å². The highest BCUT2D eigenvalue weighted by Crippen LogP contribution is 2.16. The highest BCUT2D eigenvalue weighted by Gasteiger charge is 2.29. The highest BCUT2D eigenvalue weighted by atomic mass is 35.5. The van der Waals surface area contributed by atoms with Crippen LogP contribution in [0.4, 0.5) is 0 Å². The molecule has 0 bridgehead atoms. The lowest BCUT2D eigenvalue weighted by Gasteiger charge is -2.27. The third-order valence-electron chi connectivity index (χ3n) is 4.21. The van der Waals surface area contributed by atoms with Crippen LogP contribution in [0.2, 0.25) is 0 Å². The Kier molecular flexibility index (Phi) is 6.03. The Labute approximate surface area is 132 Å². The molecule has 5 heteroatoms. The molecule has 2 heterocycles. The number of rotatable bonds is 4. The van der Waals surface area contributed by atoms with Crippen LogP contribution in [0, 0.1) is 5.92 Å². The zero-order valence-electron chi connectivity index (χ0n) is 12.3. The molecule has 1 amide bonds. The van der Waals surface area contributed by atoms with Gasteiger partial charge in [0.25, 0.3) is 0 Å². The number of nitrogens with zero attached hydrogens (tertiary/aromatic N) is 2. The van der Waals surface area contributed by atoms with Gasteiger partial charge in [-0.1, -0.05) is 30.3 Å². The van der Waals surface area contributed by atoms with E-state index in [4.69, 9.17) is 0 Å². The van der Waals surface area contributed by atoms with Gasteiger partial charge in [-0.3, -0.25) is 9.69 Å². The van der Waals surface area contributed by atoms with Crippen LogP contribution in [-0.4, -0.2) is 48.6 Å². The minimum Gasteiger partial charge on any atom is -0.324 e. The van der Waals surface area contributed by atoms with Crippen molar-refractivity contribution < 1.29 is 4.79 Å². The minimum atomic E-state index is 0. The molecule has 2 aliphatic rings. The summed E-state index contributed by atoms with van der Waals surface area (Å²) in [5.74, 6) is 0.964. The molecule has 0 aromatic heterocycles. The second kappa shape index (κ2) is 7.78. The maximum atomic E-state index is 12.1. The lowest BCUT2D eigenvalue weighted by Crippen LogP contribution is -2.38. The summed E-state index contributed by atoms with van der Waals surface area (Å²) in [4.78, 5) is 16.4. The van der Waals surface area contributed by atoms with Crippen LogP contribution in [0.1, 0.15) is 18.4 Å². The number of nitrogens with one attached hydrogen (secondary N) is 1. The van der Waals surface area contributed by atoms with Crippen molar-refractivity contribution in [2.24, 2.45) is 5.92 Å². The highest BCUT2D eigenvalue weighted by molar-refractivity contribution is 5.85. The van der Waals surface area contributed by atoms with E-state index in [1.807, 2.05) is 23.1 Å². The van der Waals surface area contributed by atoms with E-state index in [0.29, 0.717) is 12.5 Å². The molecule has 21 heavy (non-hydrogen) atoms. The van der Waals surface area contributed by atoms with Gasteiger partial charge in [-0.05, 0) is 37.4 Å². The maximum Gasteiger partial charge on any atom is 0.238 e. The second-order valence-electron chi connectivity index (χ2n) is 5.94. The van der Waals surface area contributed by atoms with Crippen molar-refractivity contribution in [2.45, 2.75) is 19.4 Å². The van der Waals surface area contributed by atoms with Crippen molar-refractivity contribution in [1.29, 1.82) is 0 Å². The molecular formula is C16H24ClN3O. The number of carbonyl (C=O) groups is 1. The van der Waals surface area contributed by atoms with E-state index in [1.165, 1.54) is 18.4 Å². The van der Waals surface area contributed by atoms with Gasteiger partial charge in [-0.25, -0.2) is 0 Å². The number of benzene rings is 1. The number of halogens is 1. The van der Waals surface area contributed by atoms with Crippen LogP contribution in [0.5, 0.6) is 0 Å². The van der Waals surface area contributed by atoms with Crippen molar-refractivity contribution in [1.82, 2.24) is 15.1 Å². The molecule has 1 unspecified atom stereocenters. The van der Waals surface area contributed by atoms with Crippen LogP contribution in [0.15, 0.2) is 30.3 Å². The Morgan fingerprint density at radius 2 is 2.05 bits per heavy atom. The predicted molar refractivity (Wildman–Crippen MR) is 86.3 cm³/mol. The van der Waals surface area contributed by atoms with Crippen LogP contribution < -0.4 is 5.32 Å². The first kappa shape index (κ1) is 16.3. The van der Waals surface area contributed by atoms with Gasteiger partial charge in [0, 0.05) is 13.1 Å². The van der Waals surface area contributed by atoms with E-state index < -0.39 is 0 Å². The van der Waals surface area contributed by atoms with Crippen molar-refractivity contribution in [3.05, 3.63) is 35.9 Å². The summed E-state index contributed by atoms with van der Waals surface area (Å²) in [6.45, 7) is 5.40. The molecule has 3 rings (SSSR count). The molecule has 0 spiro atoms. The van der Waals surface area contributed by atoms with E-state index in [-0.39, 0.29) is 18.3 Å². The third kappa shape index (κ3) is 4.43. The maximum absolute atomic E-state index is 12.1. The third-order valence-corrected chi connectivity index (χ3v) is 4.21. The number of carbonyl (C=O) groups excluding carboxylic acids is 1. The Morgan fingerprint density at radius 3 is 2.76 bits per heavy atom. The average molecular weight is 310 g/mol. The van der Waals surface area contributed by atoms with E-state index in [1.54, 1.807) is 0 Å². The number of hydrogen-bond donors (Lipinski definition) is 1. The first-order valence-corrected chi connectivity index (χ1v) is 7.56. The smallest absolute Gasteiger partial charge is 0.238 e. The van der Waals surface area contributed by atoms with Crippen molar-refractivity contribution in [2.75, 3.05) is 32.8 Å². The van der Waals surface area contributed by atoms with Gasteiger partial charge in [0.2, 0.25) is 5.91 Å².